The van der Waals surface area contributed by atoms with Crippen LogP contribution in [-0.4, -0.2) is 63.2 Å². The Labute approximate surface area is 198 Å². The highest BCUT2D eigenvalue weighted by molar-refractivity contribution is 5.99. The van der Waals surface area contributed by atoms with E-state index < -0.39 is 6.04 Å². The average Bonchev–Trinajstić information content (AvgIpc) is 3.15. The van der Waals surface area contributed by atoms with E-state index in [0.29, 0.717) is 52.4 Å². The number of ether oxygens (including phenoxy) is 3. The Morgan fingerprint density at radius 1 is 0.971 bits per heavy atom. The second-order valence-corrected chi connectivity index (χ2v) is 8.06. The third-order valence-corrected chi connectivity index (χ3v) is 6.43. The first-order valence-electron chi connectivity index (χ1n) is 11.4. The molecule has 1 atom stereocenters. The standard InChI is InChI=1S/C26H30N2O6/c1-6-27(7-2)12-13-28-22(16-14-19(31-3)24(33-5)20(15-16)32-4)21-23(29)17-10-8-9-11-18(17)34-25(21)26(28)30/h8-11,14-15,22H,6-7,12-13H2,1-5H3/t22-/m0/s1. The molecule has 0 radical (unpaired) electrons. The summed E-state index contributed by atoms with van der Waals surface area (Å²) < 4.78 is 22.6. The Morgan fingerprint density at radius 2 is 1.62 bits per heavy atom. The summed E-state index contributed by atoms with van der Waals surface area (Å²) in [6.07, 6.45) is 0. The normalized spacial score (nSPS) is 15.2. The summed E-state index contributed by atoms with van der Waals surface area (Å²) in [6, 6.07) is 9.92. The molecule has 0 saturated heterocycles. The maximum absolute atomic E-state index is 13.6. The van der Waals surface area contributed by atoms with Gasteiger partial charge in [0.1, 0.15) is 5.58 Å². The molecule has 2 aromatic carbocycles. The molecule has 0 fully saturated rings. The summed E-state index contributed by atoms with van der Waals surface area (Å²) in [5.41, 5.74) is 1.20. The van der Waals surface area contributed by atoms with E-state index in [9.17, 15) is 9.59 Å². The first-order valence-corrected chi connectivity index (χ1v) is 11.4. The number of methoxy groups -OCH3 is 3. The lowest BCUT2D eigenvalue weighted by atomic mass is 9.97. The number of hydrogen-bond acceptors (Lipinski definition) is 7. The van der Waals surface area contributed by atoms with Crippen LogP contribution < -0.4 is 19.6 Å². The molecule has 180 valence electrons. The zero-order chi connectivity index (χ0) is 24.4. The van der Waals surface area contributed by atoms with Crippen LogP contribution in [0, 0.1) is 0 Å². The van der Waals surface area contributed by atoms with Crippen molar-refractivity contribution < 1.29 is 23.4 Å². The van der Waals surface area contributed by atoms with Crippen molar-refractivity contribution in [2.45, 2.75) is 19.9 Å². The van der Waals surface area contributed by atoms with Gasteiger partial charge in [0.15, 0.2) is 16.9 Å². The highest BCUT2D eigenvalue weighted by Gasteiger charge is 2.43. The number of carbonyl (C=O) groups excluding carboxylic acids is 1. The van der Waals surface area contributed by atoms with E-state index in [0.717, 1.165) is 13.1 Å². The van der Waals surface area contributed by atoms with Crippen LogP contribution >= 0.6 is 0 Å². The van der Waals surface area contributed by atoms with Gasteiger partial charge in [0.2, 0.25) is 11.5 Å². The molecule has 8 heteroatoms. The fourth-order valence-corrected chi connectivity index (χ4v) is 4.59. The Bertz CT molecular complexity index is 1240. The zero-order valence-electron chi connectivity index (χ0n) is 20.2. The lowest BCUT2D eigenvalue weighted by molar-refractivity contribution is 0.0707. The topological polar surface area (TPSA) is 81.5 Å². The molecule has 4 rings (SSSR count). The third-order valence-electron chi connectivity index (χ3n) is 6.43. The summed E-state index contributed by atoms with van der Waals surface area (Å²) in [5, 5.41) is 0.442. The number of carbonyl (C=O) groups is 1. The molecule has 1 aliphatic heterocycles. The zero-order valence-corrected chi connectivity index (χ0v) is 20.2. The van der Waals surface area contributed by atoms with E-state index in [1.165, 1.54) is 21.3 Å². The Morgan fingerprint density at radius 3 is 2.21 bits per heavy atom. The molecule has 1 aliphatic rings. The minimum atomic E-state index is -0.646. The summed E-state index contributed by atoms with van der Waals surface area (Å²) >= 11 is 0. The predicted octanol–water partition coefficient (Wildman–Crippen LogP) is 3.71. The lowest BCUT2D eigenvalue weighted by Crippen LogP contribution is -2.37. The Kier molecular flexibility index (Phi) is 6.79. The van der Waals surface area contributed by atoms with Gasteiger partial charge in [0, 0.05) is 13.1 Å². The molecule has 1 amide bonds. The van der Waals surface area contributed by atoms with Crippen molar-refractivity contribution in [2.75, 3.05) is 47.5 Å². The third kappa shape index (κ3) is 3.88. The van der Waals surface area contributed by atoms with Crippen molar-refractivity contribution in [1.82, 2.24) is 9.80 Å². The van der Waals surface area contributed by atoms with E-state index in [2.05, 4.69) is 18.7 Å². The molecule has 34 heavy (non-hydrogen) atoms. The smallest absolute Gasteiger partial charge is 0.290 e. The Balaban J connectivity index is 1.93. The van der Waals surface area contributed by atoms with E-state index in [-0.39, 0.29) is 17.1 Å². The van der Waals surface area contributed by atoms with Crippen LogP contribution in [0.2, 0.25) is 0 Å². The fraction of sp³-hybridized carbons (Fsp3) is 0.385. The van der Waals surface area contributed by atoms with Gasteiger partial charge in [0.05, 0.1) is 38.3 Å². The Hall–Kier alpha value is -3.52. The molecule has 2 heterocycles. The van der Waals surface area contributed by atoms with Crippen molar-refractivity contribution >= 4 is 16.9 Å². The molecular formula is C26H30N2O6. The molecule has 0 bridgehead atoms. The number of fused-ring (bicyclic) bond motifs is 2. The molecule has 1 aromatic heterocycles. The van der Waals surface area contributed by atoms with Gasteiger partial charge in [-0.2, -0.15) is 0 Å². The van der Waals surface area contributed by atoms with Gasteiger partial charge in [-0.1, -0.05) is 26.0 Å². The number of rotatable bonds is 9. The molecule has 0 spiro atoms. The van der Waals surface area contributed by atoms with E-state index >= 15 is 0 Å². The van der Waals surface area contributed by atoms with Crippen LogP contribution in [0.15, 0.2) is 45.6 Å². The minimum Gasteiger partial charge on any atom is -0.493 e. The molecule has 8 nitrogen and oxygen atoms in total. The fourth-order valence-electron chi connectivity index (χ4n) is 4.59. The van der Waals surface area contributed by atoms with Gasteiger partial charge >= 0.3 is 0 Å². The number of nitrogens with zero attached hydrogens (tertiary/aromatic N) is 2. The summed E-state index contributed by atoms with van der Waals surface area (Å²) in [6.45, 7) is 6.99. The van der Waals surface area contributed by atoms with Crippen LogP contribution in [0.1, 0.15) is 41.6 Å². The SMILES string of the molecule is CCN(CC)CCN1C(=O)c2oc3ccccc3c(=O)c2[C@@H]1c1cc(OC)c(OC)c(OC)c1. The summed E-state index contributed by atoms with van der Waals surface area (Å²) in [4.78, 5) is 31.2. The van der Waals surface area contributed by atoms with Gasteiger partial charge in [-0.3, -0.25) is 9.59 Å². The molecule has 0 saturated carbocycles. The minimum absolute atomic E-state index is 0.0852. The first-order chi connectivity index (χ1) is 16.5. The first kappa shape index (κ1) is 23.6. The monoisotopic (exact) mass is 466 g/mol. The maximum Gasteiger partial charge on any atom is 0.290 e. The lowest BCUT2D eigenvalue weighted by Gasteiger charge is -2.28. The van der Waals surface area contributed by atoms with E-state index in [1.807, 2.05) is 0 Å². The largest absolute Gasteiger partial charge is 0.493 e. The van der Waals surface area contributed by atoms with Crippen LogP contribution in [0.3, 0.4) is 0 Å². The van der Waals surface area contributed by atoms with Crippen molar-refractivity contribution in [2.24, 2.45) is 0 Å². The van der Waals surface area contributed by atoms with Gasteiger partial charge in [-0.15, -0.1) is 0 Å². The van der Waals surface area contributed by atoms with Crippen LogP contribution in [-0.2, 0) is 0 Å². The number of likely N-dealkylation sites (N-methyl/N-ethyl adjacent to an activating group) is 1. The van der Waals surface area contributed by atoms with Gasteiger partial charge in [-0.25, -0.2) is 0 Å². The van der Waals surface area contributed by atoms with Crippen LogP contribution in [0.4, 0.5) is 0 Å². The van der Waals surface area contributed by atoms with Crippen LogP contribution in [0.25, 0.3) is 11.0 Å². The van der Waals surface area contributed by atoms with Crippen molar-refractivity contribution in [3.63, 3.8) is 0 Å². The van der Waals surface area contributed by atoms with Crippen molar-refractivity contribution in [3.8, 4) is 17.2 Å². The quantitative estimate of drug-likeness (QED) is 0.476. The highest BCUT2D eigenvalue weighted by Crippen LogP contribution is 2.44. The summed E-state index contributed by atoms with van der Waals surface area (Å²) in [7, 11) is 4.61. The summed E-state index contributed by atoms with van der Waals surface area (Å²) in [5.74, 6) is 1.13. The average molecular weight is 467 g/mol. The number of hydrogen-bond donors (Lipinski definition) is 0. The number of benzene rings is 2. The van der Waals surface area contributed by atoms with Crippen molar-refractivity contribution in [3.05, 3.63) is 63.5 Å². The van der Waals surface area contributed by atoms with Crippen molar-refractivity contribution in [1.29, 1.82) is 0 Å². The molecule has 3 aromatic rings. The molecule has 0 N–H and O–H groups in total. The number of para-hydroxylation sites is 1. The van der Waals surface area contributed by atoms with Crippen LogP contribution in [0.5, 0.6) is 17.2 Å². The number of amides is 1. The second kappa shape index (κ2) is 9.77. The van der Waals surface area contributed by atoms with Gasteiger partial charge < -0.3 is 28.4 Å². The predicted molar refractivity (Wildman–Crippen MR) is 129 cm³/mol. The van der Waals surface area contributed by atoms with E-state index in [1.54, 1.807) is 41.3 Å². The van der Waals surface area contributed by atoms with Gasteiger partial charge in [-0.05, 0) is 42.9 Å². The van der Waals surface area contributed by atoms with Gasteiger partial charge in [0.25, 0.3) is 5.91 Å². The second-order valence-electron chi connectivity index (χ2n) is 8.06. The molecule has 0 aliphatic carbocycles. The van der Waals surface area contributed by atoms with E-state index in [4.69, 9.17) is 18.6 Å². The maximum atomic E-state index is 13.6. The molecule has 0 unspecified atom stereocenters. The molecular weight excluding hydrogens is 436 g/mol. The highest BCUT2D eigenvalue weighted by atomic mass is 16.5.